The van der Waals surface area contributed by atoms with Crippen LogP contribution in [-0.2, 0) is 10.5 Å². The van der Waals surface area contributed by atoms with Gasteiger partial charge in [0.15, 0.2) is 0 Å². The average molecular weight is 426 g/mol. The second-order valence-electron chi connectivity index (χ2n) is 7.01. The Kier molecular flexibility index (Phi) is 6.46. The fourth-order valence-electron chi connectivity index (χ4n) is 3.44. The van der Waals surface area contributed by atoms with Gasteiger partial charge in [-0.2, -0.15) is 0 Å². The molecule has 1 fully saturated rings. The van der Waals surface area contributed by atoms with Crippen LogP contribution < -0.4 is 5.32 Å². The molecule has 150 valence electrons. The molecule has 0 radical (unpaired) electrons. The standard InChI is InChI=1S/C22H23N3O2S2/c26-20(14-28-15-21-24-18-10-4-5-11-19(18)29-21)23-17-9-3-2-8-16(17)22(27)25-12-6-1-7-13-25/h2-5,8-11H,1,6-7,12-15H2,(H,23,26). The zero-order valence-corrected chi connectivity index (χ0v) is 17.7. The predicted octanol–water partition coefficient (Wildman–Crippen LogP) is 4.79. The molecule has 3 aromatic rings. The third-order valence-electron chi connectivity index (χ3n) is 4.87. The van der Waals surface area contributed by atoms with Crippen LogP contribution in [0.25, 0.3) is 10.2 Å². The lowest BCUT2D eigenvalue weighted by Gasteiger charge is -2.27. The Hall–Kier alpha value is -2.38. The smallest absolute Gasteiger partial charge is 0.255 e. The third-order valence-corrected chi connectivity index (χ3v) is 7.03. The van der Waals surface area contributed by atoms with E-state index in [1.54, 1.807) is 23.5 Å². The first-order valence-corrected chi connectivity index (χ1v) is 11.8. The van der Waals surface area contributed by atoms with Gasteiger partial charge in [0.1, 0.15) is 5.01 Å². The molecular weight excluding hydrogens is 402 g/mol. The Balaban J connectivity index is 1.34. The SMILES string of the molecule is O=C(CSCc1nc2ccccc2s1)Nc1ccccc1C(=O)N1CCCCC1. The number of hydrogen-bond donors (Lipinski definition) is 1. The Labute approximate surface area is 178 Å². The van der Waals surface area contributed by atoms with Crippen LogP contribution >= 0.6 is 23.1 Å². The van der Waals surface area contributed by atoms with Crippen LogP contribution in [0, 0.1) is 0 Å². The van der Waals surface area contributed by atoms with Crippen molar-refractivity contribution in [2.75, 3.05) is 24.2 Å². The van der Waals surface area contributed by atoms with Crippen LogP contribution in [0.2, 0.25) is 0 Å². The van der Waals surface area contributed by atoms with Crippen LogP contribution in [0.1, 0.15) is 34.6 Å². The number of aromatic nitrogens is 1. The highest BCUT2D eigenvalue weighted by molar-refractivity contribution is 7.99. The van der Waals surface area contributed by atoms with Crippen molar-refractivity contribution in [3.8, 4) is 0 Å². The summed E-state index contributed by atoms with van der Waals surface area (Å²) in [6, 6.07) is 15.3. The molecule has 1 aliphatic heterocycles. The molecule has 2 aromatic carbocycles. The van der Waals surface area contributed by atoms with Crippen molar-refractivity contribution >= 4 is 50.8 Å². The lowest BCUT2D eigenvalue weighted by atomic mass is 10.1. The number of thioether (sulfide) groups is 1. The van der Waals surface area contributed by atoms with E-state index in [2.05, 4.69) is 16.4 Å². The number of carbonyl (C=O) groups excluding carboxylic acids is 2. The molecule has 2 amide bonds. The summed E-state index contributed by atoms with van der Waals surface area (Å²) in [5.41, 5.74) is 2.16. The second-order valence-corrected chi connectivity index (χ2v) is 9.12. The summed E-state index contributed by atoms with van der Waals surface area (Å²) in [5.74, 6) is 0.918. The fourth-order valence-corrected chi connectivity index (χ4v) is 5.29. The van der Waals surface area contributed by atoms with Gasteiger partial charge in [-0.1, -0.05) is 24.3 Å². The van der Waals surface area contributed by atoms with Crippen LogP contribution in [0.15, 0.2) is 48.5 Å². The zero-order chi connectivity index (χ0) is 20.1. The number of carbonyl (C=O) groups is 2. The third kappa shape index (κ3) is 4.97. The number of amides is 2. The first kappa shape index (κ1) is 19.9. The van der Waals surface area contributed by atoms with E-state index in [0.717, 1.165) is 41.2 Å². The molecule has 0 aliphatic carbocycles. The van der Waals surface area contributed by atoms with E-state index in [4.69, 9.17) is 0 Å². The van der Waals surface area contributed by atoms with Crippen LogP contribution in [0.4, 0.5) is 5.69 Å². The van der Waals surface area contributed by atoms with Crippen LogP contribution in [0.5, 0.6) is 0 Å². The van der Waals surface area contributed by atoms with Crippen molar-refractivity contribution < 1.29 is 9.59 Å². The van der Waals surface area contributed by atoms with E-state index < -0.39 is 0 Å². The number of fused-ring (bicyclic) bond motifs is 1. The minimum absolute atomic E-state index is 0.00253. The lowest BCUT2D eigenvalue weighted by molar-refractivity contribution is -0.113. The Morgan fingerprint density at radius 3 is 2.62 bits per heavy atom. The number of para-hydroxylation sites is 2. The summed E-state index contributed by atoms with van der Waals surface area (Å²) >= 11 is 3.19. The molecule has 0 spiro atoms. The number of hydrogen-bond acceptors (Lipinski definition) is 5. The number of anilines is 1. The van der Waals surface area contributed by atoms with Gasteiger partial charge in [0.05, 0.1) is 27.2 Å². The largest absolute Gasteiger partial charge is 0.339 e. The molecule has 2 heterocycles. The van der Waals surface area contributed by atoms with Crippen molar-refractivity contribution in [1.82, 2.24) is 9.88 Å². The van der Waals surface area contributed by atoms with Crippen LogP contribution in [0.3, 0.4) is 0 Å². The van der Waals surface area contributed by atoms with Gasteiger partial charge in [0.25, 0.3) is 5.91 Å². The fraction of sp³-hybridized carbons (Fsp3) is 0.318. The lowest BCUT2D eigenvalue weighted by Crippen LogP contribution is -2.36. The first-order chi connectivity index (χ1) is 14.2. The van der Waals surface area contributed by atoms with E-state index in [-0.39, 0.29) is 11.8 Å². The molecule has 0 unspecified atom stereocenters. The number of piperidine rings is 1. The van der Waals surface area contributed by atoms with Gasteiger partial charge >= 0.3 is 0 Å². The maximum absolute atomic E-state index is 12.8. The van der Waals surface area contributed by atoms with Gasteiger partial charge in [-0.3, -0.25) is 9.59 Å². The molecule has 0 saturated carbocycles. The second kappa shape index (κ2) is 9.41. The first-order valence-electron chi connectivity index (χ1n) is 9.81. The van der Waals surface area contributed by atoms with E-state index in [1.165, 1.54) is 18.2 Å². The number of nitrogens with one attached hydrogen (secondary N) is 1. The van der Waals surface area contributed by atoms with Gasteiger partial charge in [-0.05, 0) is 43.5 Å². The van der Waals surface area contributed by atoms with Crippen molar-refractivity contribution in [3.05, 3.63) is 59.1 Å². The van der Waals surface area contributed by atoms with Gasteiger partial charge < -0.3 is 10.2 Å². The van der Waals surface area contributed by atoms with Gasteiger partial charge in [0, 0.05) is 18.8 Å². The van der Waals surface area contributed by atoms with Crippen LogP contribution in [-0.4, -0.2) is 40.5 Å². The summed E-state index contributed by atoms with van der Waals surface area (Å²) in [6.07, 6.45) is 3.26. The highest BCUT2D eigenvalue weighted by atomic mass is 32.2. The molecule has 5 nitrogen and oxygen atoms in total. The summed E-state index contributed by atoms with van der Waals surface area (Å²) in [4.78, 5) is 31.8. The molecule has 1 N–H and O–H groups in total. The quantitative estimate of drug-likeness (QED) is 0.617. The zero-order valence-electron chi connectivity index (χ0n) is 16.1. The molecule has 1 aliphatic rings. The molecule has 7 heteroatoms. The number of likely N-dealkylation sites (tertiary alicyclic amines) is 1. The summed E-state index contributed by atoms with van der Waals surface area (Å²) < 4.78 is 1.16. The van der Waals surface area contributed by atoms with Crippen molar-refractivity contribution in [2.24, 2.45) is 0 Å². The monoisotopic (exact) mass is 425 g/mol. The van der Waals surface area contributed by atoms with Gasteiger partial charge in [0.2, 0.25) is 5.91 Å². The topological polar surface area (TPSA) is 62.3 Å². The minimum atomic E-state index is -0.102. The molecule has 0 atom stereocenters. The van der Waals surface area contributed by atoms with Crippen molar-refractivity contribution in [1.29, 1.82) is 0 Å². The maximum Gasteiger partial charge on any atom is 0.255 e. The predicted molar refractivity (Wildman–Crippen MR) is 121 cm³/mol. The maximum atomic E-state index is 12.8. The highest BCUT2D eigenvalue weighted by Gasteiger charge is 2.21. The van der Waals surface area contributed by atoms with Crippen molar-refractivity contribution in [3.63, 3.8) is 0 Å². The molecule has 0 bridgehead atoms. The summed E-state index contributed by atoms with van der Waals surface area (Å²) in [6.45, 7) is 1.58. The van der Waals surface area contributed by atoms with E-state index in [0.29, 0.717) is 22.8 Å². The summed E-state index contributed by atoms with van der Waals surface area (Å²) in [5, 5.41) is 3.94. The Morgan fingerprint density at radius 1 is 1.03 bits per heavy atom. The molecule has 29 heavy (non-hydrogen) atoms. The molecular formula is C22H23N3O2S2. The van der Waals surface area contributed by atoms with Gasteiger partial charge in [-0.15, -0.1) is 23.1 Å². The molecule has 4 rings (SSSR count). The van der Waals surface area contributed by atoms with E-state index in [9.17, 15) is 9.59 Å². The molecule has 1 saturated heterocycles. The van der Waals surface area contributed by atoms with E-state index >= 15 is 0 Å². The Morgan fingerprint density at radius 2 is 1.79 bits per heavy atom. The number of rotatable bonds is 6. The molecule has 1 aromatic heterocycles. The average Bonchev–Trinajstić information content (AvgIpc) is 3.17. The Bertz CT molecular complexity index is 979. The highest BCUT2D eigenvalue weighted by Crippen LogP contribution is 2.25. The van der Waals surface area contributed by atoms with Gasteiger partial charge in [-0.25, -0.2) is 4.98 Å². The number of benzene rings is 2. The van der Waals surface area contributed by atoms with E-state index in [1.807, 2.05) is 35.2 Å². The number of thiazole rings is 1. The number of nitrogens with zero attached hydrogens (tertiary/aromatic N) is 2. The normalized spacial score (nSPS) is 14.1. The summed E-state index contributed by atoms with van der Waals surface area (Å²) in [7, 11) is 0. The van der Waals surface area contributed by atoms with Crippen molar-refractivity contribution in [2.45, 2.75) is 25.0 Å². The minimum Gasteiger partial charge on any atom is -0.339 e.